The quantitative estimate of drug-likeness (QED) is 0.281. The molecule has 0 bridgehead atoms. The van der Waals surface area contributed by atoms with Crippen LogP contribution in [0.15, 0.2) is 76.5 Å². The lowest BCUT2D eigenvalue weighted by molar-refractivity contribution is -0.384. The number of aromatic nitrogens is 1. The maximum Gasteiger partial charge on any atom is 0.294 e. The molecule has 0 aliphatic carbocycles. The number of benzene rings is 3. The number of fused-ring (bicyclic) bond motifs is 2. The molecule has 0 atom stereocenters. The predicted molar refractivity (Wildman–Crippen MR) is 122 cm³/mol. The Hall–Kier alpha value is -4.66. The smallest absolute Gasteiger partial charge is 0.294 e. The standard InChI is InChI=1S/C24H17N3O6/c28-23-17-6-2-1-5-16(17)18(12-25-19-7-3-4-8-20(19)27(30)31)24(29)26(23)13-15-9-10-21-22(11-15)33-14-32-21/h1-12,29H,13-14H2. The van der Waals surface area contributed by atoms with Crippen molar-refractivity contribution in [2.24, 2.45) is 4.99 Å². The third kappa shape index (κ3) is 3.65. The molecule has 1 aliphatic heterocycles. The van der Waals surface area contributed by atoms with Gasteiger partial charge in [-0.15, -0.1) is 0 Å². The molecule has 5 rings (SSSR count). The maximum absolute atomic E-state index is 13.2. The van der Waals surface area contributed by atoms with Crippen LogP contribution in [0.25, 0.3) is 10.8 Å². The third-order valence-electron chi connectivity index (χ3n) is 5.38. The number of para-hydroxylation sites is 2. The number of rotatable bonds is 5. The summed E-state index contributed by atoms with van der Waals surface area (Å²) < 4.78 is 12.0. The highest BCUT2D eigenvalue weighted by Crippen LogP contribution is 2.33. The van der Waals surface area contributed by atoms with Crippen LogP contribution in [-0.4, -0.2) is 27.6 Å². The summed E-state index contributed by atoms with van der Waals surface area (Å²) in [6, 6.07) is 18.2. The summed E-state index contributed by atoms with van der Waals surface area (Å²) in [4.78, 5) is 28.2. The summed E-state index contributed by atoms with van der Waals surface area (Å²) in [6.07, 6.45) is 1.34. The Bertz CT molecular complexity index is 1490. The lowest BCUT2D eigenvalue weighted by Crippen LogP contribution is -2.22. The molecule has 0 unspecified atom stereocenters. The summed E-state index contributed by atoms with van der Waals surface area (Å²) in [5, 5.41) is 23.3. The van der Waals surface area contributed by atoms with E-state index in [1.54, 1.807) is 54.6 Å². The Balaban J connectivity index is 1.63. The fourth-order valence-electron chi connectivity index (χ4n) is 3.77. The molecule has 3 aromatic carbocycles. The van der Waals surface area contributed by atoms with Crippen molar-refractivity contribution in [1.82, 2.24) is 4.57 Å². The SMILES string of the molecule is O=c1c2ccccc2c(C=Nc2ccccc2[N+](=O)[O-])c(O)n1Cc1ccc2c(c1)OCO2. The number of nitro groups is 1. The van der Waals surface area contributed by atoms with Crippen LogP contribution in [0.3, 0.4) is 0 Å². The highest BCUT2D eigenvalue weighted by atomic mass is 16.7. The first kappa shape index (κ1) is 20.3. The molecular weight excluding hydrogens is 426 g/mol. The van der Waals surface area contributed by atoms with Gasteiger partial charge >= 0.3 is 0 Å². The van der Waals surface area contributed by atoms with Crippen LogP contribution in [0.2, 0.25) is 0 Å². The van der Waals surface area contributed by atoms with Gasteiger partial charge in [0.05, 0.1) is 17.0 Å². The molecule has 9 heteroatoms. The van der Waals surface area contributed by atoms with E-state index in [9.17, 15) is 20.0 Å². The second-order valence-electron chi connectivity index (χ2n) is 7.37. The van der Waals surface area contributed by atoms with E-state index in [4.69, 9.17) is 9.47 Å². The molecule has 33 heavy (non-hydrogen) atoms. The molecule has 0 radical (unpaired) electrons. The predicted octanol–water partition coefficient (Wildman–Crippen LogP) is 4.14. The van der Waals surface area contributed by atoms with Crippen molar-refractivity contribution in [3.63, 3.8) is 0 Å². The topological polar surface area (TPSA) is 116 Å². The van der Waals surface area contributed by atoms with Crippen molar-refractivity contribution in [2.45, 2.75) is 6.54 Å². The van der Waals surface area contributed by atoms with E-state index in [0.717, 1.165) is 5.56 Å². The molecule has 4 aromatic rings. The minimum absolute atomic E-state index is 0.0818. The van der Waals surface area contributed by atoms with Gasteiger partial charge in [-0.2, -0.15) is 0 Å². The molecule has 164 valence electrons. The lowest BCUT2D eigenvalue weighted by atomic mass is 10.1. The summed E-state index contributed by atoms with van der Waals surface area (Å²) in [5.41, 5.74) is 0.618. The van der Waals surface area contributed by atoms with Crippen molar-refractivity contribution < 1.29 is 19.5 Å². The van der Waals surface area contributed by atoms with Crippen molar-refractivity contribution in [2.75, 3.05) is 6.79 Å². The monoisotopic (exact) mass is 443 g/mol. The van der Waals surface area contributed by atoms with E-state index in [2.05, 4.69) is 4.99 Å². The van der Waals surface area contributed by atoms with E-state index in [1.807, 2.05) is 0 Å². The van der Waals surface area contributed by atoms with E-state index in [1.165, 1.54) is 22.9 Å². The maximum atomic E-state index is 13.2. The van der Waals surface area contributed by atoms with Crippen LogP contribution in [0.4, 0.5) is 11.4 Å². The van der Waals surface area contributed by atoms with E-state index >= 15 is 0 Å². The molecule has 0 saturated carbocycles. The summed E-state index contributed by atoms with van der Waals surface area (Å²) in [6.45, 7) is 0.213. The summed E-state index contributed by atoms with van der Waals surface area (Å²) >= 11 is 0. The number of hydrogen-bond acceptors (Lipinski definition) is 7. The first-order valence-electron chi connectivity index (χ1n) is 10.0. The Morgan fingerprint density at radius 3 is 2.58 bits per heavy atom. The minimum Gasteiger partial charge on any atom is -0.494 e. The van der Waals surface area contributed by atoms with Gasteiger partial charge in [0.15, 0.2) is 11.5 Å². The second kappa shape index (κ2) is 8.12. The van der Waals surface area contributed by atoms with Crippen molar-refractivity contribution in [3.05, 3.63) is 98.3 Å². The number of nitrogens with zero attached hydrogens (tertiary/aromatic N) is 3. The van der Waals surface area contributed by atoms with E-state index in [0.29, 0.717) is 22.3 Å². The molecular formula is C24H17N3O6. The largest absolute Gasteiger partial charge is 0.494 e. The zero-order valence-electron chi connectivity index (χ0n) is 17.2. The number of hydrogen-bond donors (Lipinski definition) is 1. The van der Waals surface area contributed by atoms with Gasteiger partial charge in [0.25, 0.3) is 11.2 Å². The van der Waals surface area contributed by atoms with E-state index in [-0.39, 0.29) is 41.7 Å². The highest BCUT2D eigenvalue weighted by Gasteiger charge is 2.18. The molecule has 1 N–H and O–H groups in total. The lowest BCUT2D eigenvalue weighted by Gasteiger charge is -2.14. The number of pyridine rings is 1. The molecule has 0 fully saturated rings. The average Bonchev–Trinajstić information content (AvgIpc) is 3.30. The summed E-state index contributed by atoms with van der Waals surface area (Å²) in [7, 11) is 0. The Labute approximate surface area is 186 Å². The Morgan fingerprint density at radius 2 is 1.76 bits per heavy atom. The van der Waals surface area contributed by atoms with Gasteiger partial charge in [-0.1, -0.05) is 36.4 Å². The molecule has 2 heterocycles. The number of aromatic hydroxyl groups is 1. The molecule has 0 amide bonds. The van der Waals surface area contributed by atoms with Gasteiger partial charge in [0, 0.05) is 23.1 Å². The molecule has 1 aromatic heterocycles. The van der Waals surface area contributed by atoms with Crippen LogP contribution in [0, 0.1) is 10.1 Å². The van der Waals surface area contributed by atoms with Crippen LogP contribution < -0.4 is 15.0 Å². The average molecular weight is 443 g/mol. The van der Waals surface area contributed by atoms with Crippen molar-refractivity contribution in [3.8, 4) is 17.4 Å². The van der Waals surface area contributed by atoms with Gasteiger partial charge < -0.3 is 14.6 Å². The third-order valence-corrected chi connectivity index (χ3v) is 5.38. The van der Waals surface area contributed by atoms with Crippen LogP contribution >= 0.6 is 0 Å². The zero-order chi connectivity index (χ0) is 22.9. The first-order valence-corrected chi connectivity index (χ1v) is 10.0. The number of ether oxygens (including phenoxy) is 2. The van der Waals surface area contributed by atoms with E-state index < -0.39 is 4.92 Å². The van der Waals surface area contributed by atoms with Gasteiger partial charge in [-0.3, -0.25) is 19.5 Å². The number of aliphatic imine (C=N–C) groups is 1. The Morgan fingerprint density at radius 1 is 1.03 bits per heavy atom. The van der Waals surface area contributed by atoms with Crippen LogP contribution in [-0.2, 0) is 6.54 Å². The van der Waals surface area contributed by atoms with Gasteiger partial charge in [-0.05, 0) is 29.8 Å². The zero-order valence-corrected chi connectivity index (χ0v) is 17.2. The molecule has 1 aliphatic rings. The normalized spacial score (nSPS) is 12.5. The molecule has 9 nitrogen and oxygen atoms in total. The van der Waals surface area contributed by atoms with Crippen LogP contribution in [0.1, 0.15) is 11.1 Å². The second-order valence-corrected chi connectivity index (χ2v) is 7.37. The van der Waals surface area contributed by atoms with Crippen LogP contribution in [0.5, 0.6) is 17.4 Å². The highest BCUT2D eigenvalue weighted by molar-refractivity contribution is 6.02. The summed E-state index contributed by atoms with van der Waals surface area (Å²) in [5.74, 6) is 0.892. The van der Waals surface area contributed by atoms with Gasteiger partial charge in [-0.25, -0.2) is 4.99 Å². The van der Waals surface area contributed by atoms with Gasteiger partial charge in [0.1, 0.15) is 5.69 Å². The molecule has 0 saturated heterocycles. The molecule has 0 spiro atoms. The van der Waals surface area contributed by atoms with Gasteiger partial charge in [0.2, 0.25) is 12.7 Å². The number of nitro benzene ring substituents is 1. The minimum atomic E-state index is -0.523. The Kier molecular flexibility index (Phi) is 4.98. The van der Waals surface area contributed by atoms with Crippen molar-refractivity contribution >= 4 is 28.4 Å². The fraction of sp³-hybridized carbons (Fsp3) is 0.0833. The first-order chi connectivity index (χ1) is 16.0. The fourth-order valence-corrected chi connectivity index (χ4v) is 3.77. The van der Waals surface area contributed by atoms with Crippen molar-refractivity contribution in [1.29, 1.82) is 0 Å².